The molecule has 1 aromatic rings. The summed E-state index contributed by atoms with van der Waals surface area (Å²) in [5.74, 6) is -0.641. The van der Waals surface area contributed by atoms with Crippen molar-refractivity contribution in [1.29, 1.82) is 0 Å². The zero-order chi connectivity index (χ0) is 16.3. The van der Waals surface area contributed by atoms with Gasteiger partial charge in [-0.15, -0.1) is 0 Å². The summed E-state index contributed by atoms with van der Waals surface area (Å²) < 4.78 is 24.6. The summed E-state index contributed by atoms with van der Waals surface area (Å²) in [6.45, 7) is -0.709. The summed E-state index contributed by atoms with van der Waals surface area (Å²) in [5.41, 5.74) is 0.342. The molecular formula is C13H13F2N3O4. The van der Waals surface area contributed by atoms with Crippen molar-refractivity contribution < 1.29 is 23.3 Å². The van der Waals surface area contributed by atoms with Gasteiger partial charge in [-0.2, -0.15) is 0 Å². The van der Waals surface area contributed by atoms with Gasteiger partial charge in [-0.3, -0.25) is 14.9 Å². The number of nitrogens with zero attached hydrogens (tertiary/aromatic N) is 3. The predicted molar refractivity (Wildman–Crippen MR) is 72.8 cm³/mol. The molecule has 0 spiro atoms. The van der Waals surface area contributed by atoms with E-state index >= 15 is 0 Å². The van der Waals surface area contributed by atoms with Crippen LogP contribution in [0.5, 0.6) is 0 Å². The Labute approximate surface area is 124 Å². The number of nitro groups is 1. The molecule has 1 heterocycles. The number of para-hydroxylation sites is 1. The van der Waals surface area contributed by atoms with Crippen molar-refractivity contribution in [1.82, 2.24) is 4.90 Å². The van der Waals surface area contributed by atoms with Crippen LogP contribution >= 0.6 is 0 Å². The lowest BCUT2D eigenvalue weighted by atomic mass is 10.0. The second-order valence-corrected chi connectivity index (χ2v) is 4.72. The van der Waals surface area contributed by atoms with Crippen molar-refractivity contribution >= 4 is 17.3 Å². The van der Waals surface area contributed by atoms with Gasteiger partial charge in [0.1, 0.15) is 0 Å². The van der Waals surface area contributed by atoms with Gasteiger partial charge in [0.15, 0.2) is 0 Å². The first kappa shape index (κ1) is 15.8. The van der Waals surface area contributed by atoms with Crippen molar-refractivity contribution in [3.05, 3.63) is 39.9 Å². The molecule has 22 heavy (non-hydrogen) atoms. The van der Waals surface area contributed by atoms with E-state index in [4.69, 9.17) is 4.84 Å². The van der Waals surface area contributed by atoms with Gasteiger partial charge >= 0.3 is 0 Å². The van der Waals surface area contributed by atoms with E-state index in [1.165, 1.54) is 25.2 Å². The maximum absolute atomic E-state index is 12.3. The van der Waals surface area contributed by atoms with Gasteiger partial charge in [-0.1, -0.05) is 17.3 Å². The Morgan fingerprint density at radius 1 is 1.55 bits per heavy atom. The highest BCUT2D eigenvalue weighted by Crippen LogP contribution is 2.25. The number of amides is 1. The van der Waals surface area contributed by atoms with Crippen LogP contribution in [0.15, 0.2) is 29.4 Å². The molecule has 0 aromatic heterocycles. The minimum absolute atomic E-state index is 0.00271. The third-order valence-electron chi connectivity index (χ3n) is 3.14. The molecule has 0 bridgehead atoms. The zero-order valence-corrected chi connectivity index (χ0v) is 11.6. The Kier molecular flexibility index (Phi) is 4.64. The Morgan fingerprint density at radius 3 is 2.86 bits per heavy atom. The maximum atomic E-state index is 12.3. The summed E-state index contributed by atoms with van der Waals surface area (Å²) in [6, 6.07) is 5.92. The van der Waals surface area contributed by atoms with Crippen LogP contribution in [0.3, 0.4) is 0 Å². The van der Waals surface area contributed by atoms with E-state index in [1.54, 1.807) is 6.07 Å². The van der Waals surface area contributed by atoms with Crippen LogP contribution in [0.1, 0.15) is 12.0 Å². The normalized spacial score (nSPS) is 17.1. The number of carbonyl (C=O) groups is 1. The molecule has 0 fully saturated rings. The molecule has 1 amide bonds. The number of alkyl halides is 2. The van der Waals surface area contributed by atoms with Crippen molar-refractivity contribution in [2.24, 2.45) is 5.16 Å². The topological polar surface area (TPSA) is 85.0 Å². The summed E-state index contributed by atoms with van der Waals surface area (Å²) in [5, 5.41) is 14.7. The lowest BCUT2D eigenvalue weighted by Crippen LogP contribution is -2.39. The van der Waals surface area contributed by atoms with E-state index in [0.29, 0.717) is 0 Å². The van der Waals surface area contributed by atoms with Crippen molar-refractivity contribution in [3.8, 4) is 0 Å². The molecule has 2 rings (SSSR count). The van der Waals surface area contributed by atoms with Crippen molar-refractivity contribution in [2.75, 3.05) is 13.6 Å². The number of carbonyl (C=O) groups excluding carboxylic acids is 1. The molecule has 1 aromatic carbocycles. The number of nitro benzene ring substituents is 1. The van der Waals surface area contributed by atoms with Crippen LogP contribution in [0.25, 0.3) is 0 Å². The van der Waals surface area contributed by atoms with Crippen LogP contribution in [0.2, 0.25) is 0 Å². The molecule has 0 aliphatic carbocycles. The molecule has 0 radical (unpaired) electrons. The van der Waals surface area contributed by atoms with Gasteiger partial charge in [-0.25, -0.2) is 8.78 Å². The molecule has 0 N–H and O–H groups in total. The quantitative estimate of drug-likeness (QED) is 0.613. The predicted octanol–water partition coefficient (Wildman–Crippen LogP) is 1.81. The second-order valence-electron chi connectivity index (χ2n) is 4.72. The first-order valence-corrected chi connectivity index (χ1v) is 6.39. The molecule has 1 atom stereocenters. The van der Waals surface area contributed by atoms with E-state index in [9.17, 15) is 23.7 Å². The first-order valence-electron chi connectivity index (χ1n) is 6.39. The van der Waals surface area contributed by atoms with Crippen LogP contribution in [-0.2, 0) is 9.63 Å². The van der Waals surface area contributed by atoms with Gasteiger partial charge in [0.2, 0.25) is 6.10 Å². The number of rotatable bonds is 5. The first-order chi connectivity index (χ1) is 10.4. The van der Waals surface area contributed by atoms with Crippen LogP contribution < -0.4 is 0 Å². The Balaban J connectivity index is 2.10. The average molecular weight is 313 g/mol. The van der Waals surface area contributed by atoms with Gasteiger partial charge in [0.25, 0.3) is 18.0 Å². The fourth-order valence-electron chi connectivity index (χ4n) is 2.09. The molecule has 118 valence electrons. The van der Waals surface area contributed by atoms with E-state index in [-0.39, 0.29) is 23.4 Å². The number of halogens is 2. The van der Waals surface area contributed by atoms with Crippen molar-refractivity contribution in [2.45, 2.75) is 19.0 Å². The fourth-order valence-corrected chi connectivity index (χ4v) is 2.09. The van der Waals surface area contributed by atoms with E-state index in [2.05, 4.69) is 5.16 Å². The SMILES string of the molecule is CN(CC(F)F)C(=O)C1CC(c2ccccc2[N+](=O)[O-])=NO1. The van der Waals surface area contributed by atoms with Gasteiger partial charge in [0.05, 0.1) is 22.7 Å². The number of likely N-dealkylation sites (N-methyl/N-ethyl adjacent to an activating group) is 1. The molecule has 1 aliphatic rings. The maximum Gasteiger partial charge on any atom is 0.278 e. The van der Waals surface area contributed by atoms with E-state index < -0.39 is 29.9 Å². The monoisotopic (exact) mass is 313 g/mol. The second kappa shape index (κ2) is 6.46. The number of hydrogen-bond acceptors (Lipinski definition) is 5. The Hall–Kier alpha value is -2.58. The summed E-state index contributed by atoms with van der Waals surface area (Å²) in [7, 11) is 1.24. The fraction of sp³-hybridized carbons (Fsp3) is 0.385. The molecule has 1 unspecified atom stereocenters. The third-order valence-corrected chi connectivity index (χ3v) is 3.14. The van der Waals surface area contributed by atoms with Gasteiger partial charge < -0.3 is 9.74 Å². The molecule has 9 heteroatoms. The van der Waals surface area contributed by atoms with Crippen LogP contribution in [-0.4, -0.2) is 47.6 Å². The summed E-state index contributed by atoms with van der Waals surface area (Å²) in [6.07, 6.45) is -3.69. The lowest BCUT2D eigenvalue weighted by Gasteiger charge is -2.19. The smallest absolute Gasteiger partial charge is 0.278 e. The number of hydrogen-bond donors (Lipinski definition) is 0. The van der Waals surface area contributed by atoms with Crippen LogP contribution in [0.4, 0.5) is 14.5 Å². The third kappa shape index (κ3) is 3.35. The highest BCUT2D eigenvalue weighted by molar-refractivity contribution is 6.06. The largest absolute Gasteiger partial charge is 0.382 e. The molecule has 0 saturated carbocycles. The standard InChI is InChI=1S/C13H13F2N3O4/c1-17(7-12(14)15)13(19)11-6-9(16-22-11)8-4-2-3-5-10(8)18(20)21/h2-5,11-12H,6-7H2,1H3. The molecular weight excluding hydrogens is 300 g/mol. The molecule has 7 nitrogen and oxygen atoms in total. The minimum atomic E-state index is -2.65. The van der Waals surface area contributed by atoms with E-state index in [1.807, 2.05) is 0 Å². The minimum Gasteiger partial charge on any atom is -0.382 e. The highest BCUT2D eigenvalue weighted by Gasteiger charge is 2.34. The Morgan fingerprint density at radius 2 is 2.23 bits per heavy atom. The average Bonchev–Trinajstić information content (AvgIpc) is 2.95. The molecule has 0 saturated heterocycles. The lowest BCUT2D eigenvalue weighted by molar-refractivity contribution is -0.385. The number of benzene rings is 1. The summed E-state index contributed by atoms with van der Waals surface area (Å²) in [4.78, 5) is 28.2. The van der Waals surface area contributed by atoms with Crippen molar-refractivity contribution in [3.63, 3.8) is 0 Å². The number of oxime groups is 1. The van der Waals surface area contributed by atoms with E-state index in [0.717, 1.165) is 4.90 Å². The molecule has 1 aliphatic heterocycles. The summed E-state index contributed by atoms with van der Waals surface area (Å²) >= 11 is 0. The highest BCUT2D eigenvalue weighted by atomic mass is 19.3. The van der Waals surface area contributed by atoms with Gasteiger partial charge in [0, 0.05) is 19.5 Å². The Bertz CT molecular complexity index is 621. The zero-order valence-electron chi connectivity index (χ0n) is 11.6. The van der Waals surface area contributed by atoms with Gasteiger partial charge in [-0.05, 0) is 6.07 Å². The van der Waals surface area contributed by atoms with Crippen LogP contribution in [0, 0.1) is 10.1 Å².